The number of nitrogens with two attached hydrogens (primary N) is 1. The smallest absolute Gasteiger partial charge is 0.462 e. The Bertz CT molecular complexity index is 1450. The quantitative estimate of drug-likeness (QED) is 0.0342. The number of esters is 2. The van der Waals surface area contributed by atoms with Crippen molar-refractivity contribution in [1.82, 2.24) is 19.5 Å². The summed E-state index contributed by atoms with van der Waals surface area (Å²) >= 11 is 0. The molecule has 16 heteroatoms. The van der Waals surface area contributed by atoms with Gasteiger partial charge in [0.25, 0.3) is 0 Å². The highest BCUT2D eigenvalue weighted by molar-refractivity contribution is 7.47. The van der Waals surface area contributed by atoms with E-state index in [2.05, 4.69) is 28.8 Å². The van der Waals surface area contributed by atoms with E-state index >= 15 is 0 Å². The second kappa shape index (κ2) is 28.7. The number of phosphoric acid groups is 1. The standard InChI is InChI=1S/C41H72N5O10P/c1-3-5-7-9-11-13-15-17-19-21-23-25-36(48)52-29-34(54-37(49)26-24-22-20-18-16-14-12-10-8-6-4-2)30-53-57(50,51)56-35-27-33(28-47)55-41(35)46-32-45-38-39(42)43-31-44-40(38)46/h31-35,41,47H,3-30H2,1-2H3,(H,50,51)(H2,42,43,44)/t33-,34-,35+,41+/m0/s1. The molecule has 3 heterocycles. The summed E-state index contributed by atoms with van der Waals surface area (Å²) in [5, 5.41) is 9.82. The molecular formula is C41H72N5O10P. The van der Waals surface area contributed by atoms with Gasteiger partial charge in [0.05, 0.1) is 25.6 Å². The summed E-state index contributed by atoms with van der Waals surface area (Å²) in [5.74, 6) is -0.788. The summed E-state index contributed by atoms with van der Waals surface area (Å²) < 4.78 is 42.7. The fourth-order valence-electron chi connectivity index (χ4n) is 7.09. The lowest BCUT2D eigenvalue weighted by Crippen LogP contribution is -2.30. The molecule has 326 valence electrons. The Morgan fingerprint density at radius 3 is 1.88 bits per heavy atom. The maximum atomic E-state index is 13.3. The van der Waals surface area contributed by atoms with E-state index in [1.165, 1.54) is 107 Å². The molecule has 0 bridgehead atoms. The van der Waals surface area contributed by atoms with Gasteiger partial charge < -0.3 is 29.9 Å². The van der Waals surface area contributed by atoms with E-state index < -0.39 is 50.9 Å². The number of carbonyl (C=O) groups excluding carboxylic acids is 2. The fourth-order valence-corrected chi connectivity index (χ4v) is 8.04. The number of aromatic nitrogens is 4. The van der Waals surface area contributed by atoms with Crippen LogP contribution in [0.2, 0.25) is 0 Å². The third-order valence-corrected chi connectivity index (χ3v) is 11.4. The number of ether oxygens (including phenoxy) is 3. The van der Waals surface area contributed by atoms with Crippen LogP contribution in [-0.2, 0) is 37.4 Å². The van der Waals surface area contributed by atoms with Crippen LogP contribution in [0.1, 0.15) is 181 Å². The number of hydrogen-bond donors (Lipinski definition) is 3. The number of anilines is 1. The Morgan fingerprint density at radius 2 is 1.33 bits per heavy atom. The van der Waals surface area contributed by atoms with Gasteiger partial charge in [0.1, 0.15) is 24.6 Å². The van der Waals surface area contributed by atoms with Crippen molar-refractivity contribution in [3.8, 4) is 0 Å². The van der Waals surface area contributed by atoms with Crippen LogP contribution < -0.4 is 5.73 Å². The van der Waals surface area contributed by atoms with Crippen LogP contribution in [0.15, 0.2) is 12.7 Å². The molecule has 2 aromatic rings. The van der Waals surface area contributed by atoms with Gasteiger partial charge in [-0.2, -0.15) is 0 Å². The van der Waals surface area contributed by atoms with E-state index in [9.17, 15) is 24.2 Å². The molecular weight excluding hydrogens is 753 g/mol. The Kier molecular flexibility index (Phi) is 24.5. The third kappa shape index (κ3) is 19.8. The minimum Gasteiger partial charge on any atom is -0.462 e. The van der Waals surface area contributed by atoms with E-state index in [1.54, 1.807) is 0 Å². The first-order valence-corrected chi connectivity index (χ1v) is 23.4. The highest BCUT2D eigenvalue weighted by Gasteiger charge is 2.43. The van der Waals surface area contributed by atoms with Crippen LogP contribution in [0.3, 0.4) is 0 Å². The van der Waals surface area contributed by atoms with Gasteiger partial charge in [0, 0.05) is 19.3 Å². The monoisotopic (exact) mass is 826 g/mol. The largest absolute Gasteiger partial charge is 0.472 e. The van der Waals surface area contributed by atoms with Gasteiger partial charge in [-0.15, -0.1) is 0 Å². The maximum Gasteiger partial charge on any atom is 0.472 e. The number of fused-ring (bicyclic) bond motifs is 1. The Morgan fingerprint density at radius 1 is 0.807 bits per heavy atom. The second-order valence-corrected chi connectivity index (χ2v) is 16.8. The van der Waals surface area contributed by atoms with E-state index in [-0.39, 0.29) is 38.3 Å². The second-order valence-electron chi connectivity index (χ2n) is 15.4. The van der Waals surface area contributed by atoms with Crippen LogP contribution in [0.4, 0.5) is 5.82 Å². The van der Waals surface area contributed by atoms with Crippen molar-refractivity contribution in [2.75, 3.05) is 25.6 Å². The molecule has 0 spiro atoms. The summed E-state index contributed by atoms with van der Waals surface area (Å²) in [4.78, 5) is 48.7. The maximum absolute atomic E-state index is 13.3. The van der Waals surface area contributed by atoms with E-state index in [0.29, 0.717) is 24.0 Å². The molecule has 2 aromatic heterocycles. The first-order chi connectivity index (χ1) is 27.7. The Balaban J connectivity index is 1.48. The predicted molar refractivity (Wildman–Crippen MR) is 219 cm³/mol. The van der Waals surface area contributed by atoms with Crippen molar-refractivity contribution in [3.05, 3.63) is 12.7 Å². The lowest BCUT2D eigenvalue weighted by Gasteiger charge is -2.24. The van der Waals surface area contributed by atoms with Gasteiger partial charge in [0.2, 0.25) is 0 Å². The lowest BCUT2D eigenvalue weighted by atomic mass is 10.1. The number of hydrogen-bond acceptors (Lipinski definition) is 13. The van der Waals surface area contributed by atoms with Crippen LogP contribution in [0.5, 0.6) is 0 Å². The van der Waals surface area contributed by atoms with Gasteiger partial charge in [-0.3, -0.25) is 23.2 Å². The topological polar surface area (TPSA) is 207 Å². The molecule has 0 aromatic carbocycles. The fraction of sp³-hybridized carbons (Fsp3) is 0.829. The summed E-state index contributed by atoms with van der Waals surface area (Å²) in [5.41, 5.74) is 6.55. The molecule has 4 N–H and O–H groups in total. The molecule has 15 nitrogen and oxygen atoms in total. The SMILES string of the molecule is CCCCCCCCCCCCCC(=O)OC[C@@H](COP(=O)(O)O[C@@H]1C[C@@H](CO)O[C@H]1n1cnc2c(N)ncnc21)OC(=O)CCCCCCCCCCCCC. The van der Waals surface area contributed by atoms with Crippen LogP contribution in [-0.4, -0.2) is 79.6 Å². The number of unbranched alkanes of at least 4 members (excludes halogenated alkanes) is 20. The van der Waals surface area contributed by atoms with Crippen molar-refractivity contribution in [2.24, 2.45) is 0 Å². The van der Waals surface area contributed by atoms with E-state index in [0.717, 1.165) is 38.5 Å². The molecule has 1 aliphatic rings. The molecule has 0 saturated carbocycles. The number of aliphatic hydroxyl groups is 1. The van der Waals surface area contributed by atoms with Crippen molar-refractivity contribution < 1.29 is 47.4 Å². The van der Waals surface area contributed by atoms with Crippen LogP contribution in [0.25, 0.3) is 11.2 Å². The summed E-state index contributed by atoms with van der Waals surface area (Å²) in [7, 11) is -4.81. The van der Waals surface area contributed by atoms with Crippen LogP contribution >= 0.6 is 7.82 Å². The van der Waals surface area contributed by atoms with Crippen molar-refractivity contribution in [3.63, 3.8) is 0 Å². The number of nitrogen functional groups attached to an aromatic ring is 1. The summed E-state index contributed by atoms with van der Waals surface area (Å²) in [6, 6.07) is 0. The summed E-state index contributed by atoms with van der Waals surface area (Å²) in [6.45, 7) is 3.20. The molecule has 1 saturated heterocycles. The molecule has 3 rings (SSSR count). The predicted octanol–water partition coefficient (Wildman–Crippen LogP) is 9.05. The van der Waals surface area contributed by atoms with Gasteiger partial charge in [-0.25, -0.2) is 19.5 Å². The normalized spacial score (nSPS) is 18.5. The molecule has 5 atom stereocenters. The molecule has 0 radical (unpaired) electrons. The first-order valence-electron chi connectivity index (χ1n) is 21.9. The number of aliphatic hydroxyl groups excluding tert-OH is 1. The Labute approximate surface area is 340 Å². The van der Waals surface area contributed by atoms with Gasteiger partial charge in [0.15, 0.2) is 23.8 Å². The zero-order valence-electron chi connectivity index (χ0n) is 34.7. The average molecular weight is 826 g/mol. The minimum atomic E-state index is -4.81. The number of phosphoric ester groups is 1. The van der Waals surface area contributed by atoms with E-state index in [1.807, 2.05) is 0 Å². The van der Waals surface area contributed by atoms with Crippen molar-refractivity contribution in [2.45, 2.75) is 199 Å². The molecule has 0 aliphatic carbocycles. The molecule has 57 heavy (non-hydrogen) atoms. The zero-order chi connectivity index (χ0) is 41.1. The number of rotatable bonds is 34. The highest BCUT2D eigenvalue weighted by atomic mass is 31.2. The average Bonchev–Trinajstić information content (AvgIpc) is 3.81. The summed E-state index contributed by atoms with van der Waals surface area (Å²) in [6.07, 6.45) is 24.6. The highest BCUT2D eigenvalue weighted by Crippen LogP contribution is 2.49. The minimum absolute atomic E-state index is 0.0589. The Hall–Kier alpha value is -2.68. The van der Waals surface area contributed by atoms with E-state index in [4.69, 9.17) is 29.0 Å². The van der Waals surface area contributed by atoms with Crippen molar-refractivity contribution in [1.29, 1.82) is 0 Å². The molecule has 1 unspecified atom stereocenters. The van der Waals surface area contributed by atoms with Crippen molar-refractivity contribution >= 4 is 36.7 Å². The third-order valence-electron chi connectivity index (χ3n) is 10.4. The van der Waals surface area contributed by atoms with Gasteiger partial charge >= 0.3 is 19.8 Å². The molecule has 0 amide bonds. The number of nitrogens with zero attached hydrogens (tertiary/aromatic N) is 4. The molecule has 1 aliphatic heterocycles. The zero-order valence-corrected chi connectivity index (χ0v) is 35.6. The number of imidazole rings is 1. The van der Waals surface area contributed by atoms with Gasteiger partial charge in [-0.05, 0) is 12.8 Å². The number of carbonyl (C=O) groups is 2. The van der Waals surface area contributed by atoms with Gasteiger partial charge in [-0.1, -0.05) is 142 Å². The lowest BCUT2D eigenvalue weighted by molar-refractivity contribution is -0.161. The molecule has 1 fully saturated rings. The first kappa shape index (κ1) is 48.7. The van der Waals surface area contributed by atoms with Crippen LogP contribution in [0, 0.1) is 0 Å².